The summed E-state index contributed by atoms with van der Waals surface area (Å²) >= 11 is 0. The Morgan fingerprint density at radius 2 is 1.57 bits per heavy atom. The molecule has 4 heterocycles. The van der Waals surface area contributed by atoms with Crippen molar-refractivity contribution >= 4 is 38.4 Å². The molecule has 4 aromatic heterocycles. The van der Waals surface area contributed by atoms with Crippen molar-refractivity contribution in [2.75, 3.05) is 0 Å². The van der Waals surface area contributed by atoms with Gasteiger partial charge in [0.05, 0.1) is 28.9 Å². The molecule has 0 saturated heterocycles. The van der Waals surface area contributed by atoms with Gasteiger partial charge in [-0.1, -0.05) is 24.3 Å². The molecule has 0 bridgehead atoms. The van der Waals surface area contributed by atoms with Crippen molar-refractivity contribution in [3.8, 4) is 11.1 Å². The van der Waals surface area contributed by atoms with Crippen molar-refractivity contribution in [1.29, 1.82) is 0 Å². The van der Waals surface area contributed by atoms with E-state index in [0.717, 1.165) is 28.6 Å². The molecule has 1 aliphatic rings. The maximum absolute atomic E-state index is 4.96. The highest BCUT2D eigenvalue weighted by Crippen LogP contribution is 2.41. The van der Waals surface area contributed by atoms with Crippen LogP contribution in [0.25, 0.3) is 49.5 Å². The first-order valence-electron chi connectivity index (χ1n) is 9.41. The van der Waals surface area contributed by atoms with Crippen molar-refractivity contribution in [2.24, 2.45) is 0 Å². The van der Waals surface area contributed by atoms with E-state index >= 15 is 0 Å². The molecule has 4 nitrogen and oxygen atoms in total. The molecule has 7 rings (SSSR count). The van der Waals surface area contributed by atoms with Gasteiger partial charge in [0, 0.05) is 23.2 Å². The lowest BCUT2D eigenvalue weighted by Crippen LogP contribution is -1.93. The quantitative estimate of drug-likeness (QED) is 0.352. The zero-order valence-electron chi connectivity index (χ0n) is 14.9. The molecule has 0 spiro atoms. The van der Waals surface area contributed by atoms with Crippen LogP contribution in [0.4, 0.5) is 0 Å². The minimum absolute atomic E-state index is 0.955. The van der Waals surface area contributed by atoms with Gasteiger partial charge in [0.25, 0.3) is 0 Å². The molecule has 0 fully saturated rings. The summed E-state index contributed by atoms with van der Waals surface area (Å²) in [5, 5.41) is 3.60. The standard InChI is InChI=1S/C24H14N4/c1-2-4-16-14(3-1)9-15-10-20-19(11-18(15)16)17-5-7-25-12-22(17)28-23-13-26-8-6-21(23)27-24(20)28/h1-8,10-13H,9H2. The fourth-order valence-electron chi connectivity index (χ4n) is 4.73. The zero-order chi connectivity index (χ0) is 18.2. The van der Waals surface area contributed by atoms with Crippen molar-refractivity contribution in [3.63, 3.8) is 0 Å². The molecule has 1 aliphatic carbocycles. The minimum Gasteiger partial charge on any atom is -0.289 e. The molecule has 28 heavy (non-hydrogen) atoms. The topological polar surface area (TPSA) is 43.1 Å². The number of hydrogen-bond donors (Lipinski definition) is 0. The Morgan fingerprint density at radius 3 is 2.54 bits per heavy atom. The fourth-order valence-corrected chi connectivity index (χ4v) is 4.73. The molecule has 0 saturated carbocycles. The summed E-state index contributed by atoms with van der Waals surface area (Å²) < 4.78 is 2.20. The lowest BCUT2D eigenvalue weighted by Gasteiger charge is -2.11. The summed E-state index contributed by atoms with van der Waals surface area (Å²) in [5.41, 5.74) is 9.45. The van der Waals surface area contributed by atoms with Crippen LogP contribution in [0, 0.1) is 0 Å². The van der Waals surface area contributed by atoms with Crippen LogP contribution < -0.4 is 0 Å². The molecular formula is C24H14N4. The normalized spacial score (nSPS) is 12.9. The molecule has 0 atom stereocenters. The highest BCUT2D eigenvalue weighted by molar-refractivity contribution is 6.15. The Kier molecular flexibility index (Phi) is 2.51. The van der Waals surface area contributed by atoms with Crippen molar-refractivity contribution in [3.05, 3.63) is 84.4 Å². The van der Waals surface area contributed by atoms with Gasteiger partial charge < -0.3 is 0 Å². The zero-order valence-corrected chi connectivity index (χ0v) is 14.9. The molecule has 6 aromatic rings. The Bertz CT molecular complexity index is 1590. The number of pyridine rings is 3. The van der Waals surface area contributed by atoms with Crippen molar-refractivity contribution in [2.45, 2.75) is 6.42 Å². The fraction of sp³-hybridized carbons (Fsp3) is 0.0417. The molecule has 130 valence electrons. The third-order valence-electron chi connectivity index (χ3n) is 5.96. The number of rotatable bonds is 0. The van der Waals surface area contributed by atoms with Gasteiger partial charge in [-0.05, 0) is 58.3 Å². The molecule has 0 N–H and O–H groups in total. The van der Waals surface area contributed by atoms with E-state index in [-0.39, 0.29) is 0 Å². The van der Waals surface area contributed by atoms with E-state index in [1.54, 1.807) is 6.20 Å². The first-order valence-corrected chi connectivity index (χ1v) is 9.41. The van der Waals surface area contributed by atoms with E-state index in [1.807, 2.05) is 24.7 Å². The van der Waals surface area contributed by atoms with Gasteiger partial charge in [0.1, 0.15) is 5.65 Å². The van der Waals surface area contributed by atoms with Gasteiger partial charge in [-0.3, -0.25) is 14.4 Å². The van der Waals surface area contributed by atoms with Crippen LogP contribution in [0.5, 0.6) is 0 Å². The van der Waals surface area contributed by atoms with Crippen molar-refractivity contribution < 1.29 is 0 Å². The van der Waals surface area contributed by atoms with Gasteiger partial charge in [0.2, 0.25) is 0 Å². The van der Waals surface area contributed by atoms with E-state index < -0.39 is 0 Å². The average molecular weight is 358 g/mol. The van der Waals surface area contributed by atoms with Crippen LogP contribution in [-0.4, -0.2) is 19.4 Å². The molecule has 0 amide bonds. The van der Waals surface area contributed by atoms with Crippen LogP contribution in [0.2, 0.25) is 0 Å². The molecule has 4 heteroatoms. The summed E-state index contributed by atoms with van der Waals surface area (Å²) in [6.45, 7) is 0. The highest BCUT2D eigenvalue weighted by Gasteiger charge is 2.21. The first-order chi connectivity index (χ1) is 13.9. The summed E-state index contributed by atoms with van der Waals surface area (Å²) in [7, 11) is 0. The van der Waals surface area contributed by atoms with Gasteiger partial charge in [0.15, 0.2) is 0 Å². The van der Waals surface area contributed by atoms with Gasteiger partial charge in [-0.15, -0.1) is 0 Å². The van der Waals surface area contributed by atoms with Crippen LogP contribution >= 0.6 is 0 Å². The van der Waals surface area contributed by atoms with E-state index in [2.05, 4.69) is 56.8 Å². The van der Waals surface area contributed by atoms with E-state index in [0.29, 0.717) is 0 Å². The lowest BCUT2D eigenvalue weighted by molar-refractivity contribution is 1.25. The highest BCUT2D eigenvalue weighted by atomic mass is 15.0. The summed E-state index contributed by atoms with van der Waals surface area (Å²) in [6, 6.07) is 17.5. The van der Waals surface area contributed by atoms with Crippen molar-refractivity contribution in [1.82, 2.24) is 19.4 Å². The van der Waals surface area contributed by atoms with Crippen LogP contribution in [0.1, 0.15) is 11.1 Å². The number of nitrogens with zero attached hydrogens (tertiary/aromatic N) is 4. The third-order valence-corrected chi connectivity index (χ3v) is 5.96. The Hall–Kier alpha value is -3.79. The second-order valence-electron chi connectivity index (χ2n) is 7.42. The summed E-state index contributed by atoms with van der Waals surface area (Å²) in [5.74, 6) is 0. The lowest BCUT2D eigenvalue weighted by atomic mass is 9.99. The SMILES string of the molecule is c1ccc2c(c1)Cc1cc3c(cc1-2)c1ccncc1n1c2cnccc2nc31. The molecule has 2 aromatic carbocycles. The third kappa shape index (κ3) is 1.68. The first kappa shape index (κ1) is 14.3. The Morgan fingerprint density at radius 1 is 0.714 bits per heavy atom. The smallest absolute Gasteiger partial charge is 0.146 e. The predicted octanol–water partition coefficient (Wildman–Crippen LogP) is 5.16. The van der Waals surface area contributed by atoms with E-state index in [1.165, 1.54) is 38.4 Å². The van der Waals surface area contributed by atoms with Crippen LogP contribution in [-0.2, 0) is 6.42 Å². The summed E-state index contributed by atoms with van der Waals surface area (Å²) in [4.78, 5) is 13.7. The molecular weight excluding hydrogens is 344 g/mol. The number of benzene rings is 2. The van der Waals surface area contributed by atoms with E-state index in [4.69, 9.17) is 4.98 Å². The Labute approximate surface area is 160 Å². The van der Waals surface area contributed by atoms with E-state index in [9.17, 15) is 0 Å². The summed E-state index contributed by atoms with van der Waals surface area (Å²) in [6.07, 6.45) is 8.45. The second kappa shape index (κ2) is 4.93. The van der Waals surface area contributed by atoms with Gasteiger partial charge >= 0.3 is 0 Å². The Balaban J connectivity index is 1.74. The van der Waals surface area contributed by atoms with Crippen LogP contribution in [0.15, 0.2) is 73.3 Å². The number of hydrogen-bond acceptors (Lipinski definition) is 3. The second-order valence-corrected chi connectivity index (χ2v) is 7.42. The average Bonchev–Trinajstić information content (AvgIpc) is 3.31. The molecule has 0 radical (unpaired) electrons. The number of aromatic nitrogens is 4. The largest absolute Gasteiger partial charge is 0.289 e. The predicted molar refractivity (Wildman–Crippen MR) is 112 cm³/mol. The maximum atomic E-state index is 4.96. The minimum atomic E-state index is 0.955. The number of fused-ring (bicyclic) bond motifs is 11. The molecule has 0 aliphatic heterocycles. The van der Waals surface area contributed by atoms with Gasteiger partial charge in [-0.25, -0.2) is 4.98 Å². The molecule has 0 unspecified atom stereocenters. The monoisotopic (exact) mass is 358 g/mol. The van der Waals surface area contributed by atoms with Gasteiger partial charge in [-0.2, -0.15) is 0 Å². The number of imidazole rings is 1. The van der Waals surface area contributed by atoms with Crippen LogP contribution in [0.3, 0.4) is 0 Å². The maximum Gasteiger partial charge on any atom is 0.146 e.